The molecule has 6 heteroatoms. The van der Waals surface area contributed by atoms with Crippen molar-refractivity contribution in [3.8, 4) is 0 Å². The van der Waals surface area contributed by atoms with Crippen molar-refractivity contribution < 1.29 is 4.79 Å². The van der Waals surface area contributed by atoms with Crippen molar-refractivity contribution in [2.75, 3.05) is 17.2 Å². The summed E-state index contributed by atoms with van der Waals surface area (Å²) in [7, 11) is 0. The lowest BCUT2D eigenvalue weighted by molar-refractivity contribution is 0.0994. The average Bonchev–Trinajstić information content (AvgIpc) is 2.46. The van der Waals surface area contributed by atoms with Gasteiger partial charge in [0.05, 0.1) is 0 Å². The lowest BCUT2D eigenvalue weighted by Crippen LogP contribution is -2.31. The number of hydrogen-bond acceptors (Lipinski definition) is 5. The van der Waals surface area contributed by atoms with Crippen LogP contribution in [0.15, 0.2) is 30.3 Å². The molecule has 20 heavy (non-hydrogen) atoms. The Morgan fingerprint density at radius 1 is 1.15 bits per heavy atom. The standard InChI is InChI=1S/C14H15N5O/c15-11-2-1-9-5-6-19(8-10(9)7-11)13-4-3-12(14(16)20)17-18-13/h1-4,7H,5-6,8,15H2,(H2,16,20). The number of carbonyl (C=O) groups is 1. The fraction of sp³-hybridized carbons (Fsp3) is 0.214. The highest BCUT2D eigenvalue weighted by atomic mass is 16.1. The zero-order valence-electron chi connectivity index (χ0n) is 10.9. The number of nitrogen functional groups attached to an aromatic ring is 1. The summed E-state index contributed by atoms with van der Waals surface area (Å²) in [5.41, 5.74) is 14.4. The number of fused-ring (bicyclic) bond motifs is 1. The third-order valence-corrected chi connectivity index (χ3v) is 3.47. The zero-order chi connectivity index (χ0) is 14.1. The van der Waals surface area contributed by atoms with Gasteiger partial charge in [-0.3, -0.25) is 4.79 Å². The third-order valence-electron chi connectivity index (χ3n) is 3.47. The van der Waals surface area contributed by atoms with E-state index in [1.54, 1.807) is 12.1 Å². The van der Waals surface area contributed by atoms with Crippen molar-refractivity contribution in [2.24, 2.45) is 5.73 Å². The maximum atomic E-state index is 11.0. The van der Waals surface area contributed by atoms with Crippen molar-refractivity contribution in [3.63, 3.8) is 0 Å². The number of hydrogen-bond donors (Lipinski definition) is 2. The molecule has 102 valence electrons. The predicted octanol–water partition coefficient (Wildman–Crippen LogP) is 0.720. The predicted molar refractivity (Wildman–Crippen MR) is 76.2 cm³/mol. The molecule has 0 spiro atoms. The van der Waals surface area contributed by atoms with Crippen molar-refractivity contribution in [1.29, 1.82) is 0 Å². The van der Waals surface area contributed by atoms with E-state index in [0.717, 1.165) is 31.0 Å². The van der Waals surface area contributed by atoms with Crippen molar-refractivity contribution >= 4 is 17.4 Å². The largest absolute Gasteiger partial charge is 0.399 e. The fourth-order valence-electron chi connectivity index (χ4n) is 2.40. The molecule has 1 amide bonds. The second kappa shape index (κ2) is 4.80. The molecule has 6 nitrogen and oxygen atoms in total. The van der Waals surface area contributed by atoms with E-state index in [2.05, 4.69) is 21.2 Å². The first-order valence-electron chi connectivity index (χ1n) is 6.39. The first-order valence-corrected chi connectivity index (χ1v) is 6.39. The van der Waals surface area contributed by atoms with Crippen LogP contribution in [-0.2, 0) is 13.0 Å². The maximum Gasteiger partial charge on any atom is 0.269 e. The molecule has 0 bridgehead atoms. The Hall–Kier alpha value is -2.63. The van der Waals surface area contributed by atoms with E-state index in [9.17, 15) is 4.79 Å². The monoisotopic (exact) mass is 269 g/mol. The Bertz CT molecular complexity index is 653. The number of rotatable bonds is 2. The van der Waals surface area contributed by atoms with Gasteiger partial charge < -0.3 is 16.4 Å². The highest BCUT2D eigenvalue weighted by molar-refractivity contribution is 5.90. The minimum Gasteiger partial charge on any atom is -0.399 e. The number of carbonyl (C=O) groups excluding carboxylic acids is 1. The molecule has 3 rings (SSSR count). The molecule has 1 aromatic heterocycles. The van der Waals surface area contributed by atoms with E-state index in [0.29, 0.717) is 0 Å². The summed E-state index contributed by atoms with van der Waals surface area (Å²) in [4.78, 5) is 13.1. The molecule has 1 aliphatic heterocycles. The highest BCUT2D eigenvalue weighted by Gasteiger charge is 2.18. The number of nitrogens with two attached hydrogens (primary N) is 2. The lowest BCUT2D eigenvalue weighted by atomic mass is 9.99. The van der Waals surface area contributed by atoms with E-state index in [4.69, 9.17) is 11.5 Å². The van der Waals surface area contributed by atoms with Gasteiger partial charge in [0.2, 0.25) is 0 Å². The molecule has 1 aromatic carbocycles. The topological polar surface area (TPSA) is 98.1 Å². The number of amides is 1. The minimum atomic E-state index is -0.569. The highest BCUT2D eigenvalue weighted by Crippen LogP contribution is 2.24. The van der Waals surface area contributed by atoms with Gasteiger partial charge in [0.15, 0.2) is 11.5 Å². The van der Waals surface area contributed by atoms with Gasteiger partial charge in [-0.1, -0.05) is 6.07 Å². The average molecular weight is 269 g/mol. The van der Waals surface area contributed by atoms with Crippen LogP contribution in [0.4, 0.5) is 11.5 Å². The SMILES string of the molecule is NC(=O)c1ccc(N2CCc3ccc(N)cc3C2)nn1. The van der Waals surface area contributed by atoms with Gasteiger partial charge in [-0.15, -0.1) is 10.2 Å². The molecular weight excluding hydrogens is 254 g/mol. The summed E-state index contributed by atoms with van der Waals surface area (Å²) >= 11 is 0. The Kier molecular flexibility index (Phi) is 2.98. The summed E-state index contributed by atoms with van der Waals surface area (Å²) < 4.78 is 0. The van der Waals surface area contributed by atoms with E-state index in [1.807, 2.05) is 12.1 Å². The molecule has 0 unspecified atom stereocenters. The van der Waals surface area contributed by atoms with Crippen LogP contribution in [0.2, 0.25) is 0 Å². The van der Waals surface area contributed by atoms with Gasteiger partial charge in [-0.05, 0) is 41.8 Å². The second-order valence-corrected chi connectivity index (χ2v) is 4.84. The van der Waals surface area contributed by atoms with Gasteiger partial charge in [-0.25, -0.2) is 0 Å². The third kappa shape index (κ3) is 2.27. The molecule has 2 heterocycles. The van der Waals surface area contributed by atoms with Crippen LogP contribution in [0.5, 0.6) is 0 Å². The molecule has 0 aliphatic carbocycles. The normalized spacial score (nSPS) is 13.9. The van der Waals surface area contributed by atoms with Crippen LogP contribution < -0.4 is 16.4 Å². The summed E-state index contributed by atoms with van der Waals surface area (Å²) in [5, 5.41) is 7.90. The summed E-state index contributed by atoms with van der Waals surface area (Å²) in [6.07, 6.45) is 0.939. The second-order valence-electron chi connectivity index (χ2n) is 4.84. The smallest absolute Gasteiger partial charge is 0.269 e. The Morgan fingerprint density at radius 3 is 2.70 bits per heavy atom. The number of anilines is 2. The fourth-order valence-corrected chi connectivity index (χ4v) is 2.40. The van der Waals surface area contributed by atoms with Crippen LogP contribution in [0.25, 0.3) is 0 Å². The molecular formula is C14H15N5O. The van der Waals surface area contributed by atoms with Gasteiger partial charge >= 0.3 is 0 Å². The molecule has 0 atom stereocenters. The van der Waals surface area contributed by atoms with E-state index < -0.39 is 5.91 Å². The Morgan fingerprint density at radius 2 is 2.00 bits per heavy atom. The van der Waals surface area contributed by atoms with Crippen LogP contribution in [0, 0.1) is 0 Å². The van der Waals surface area contributed by atoms with Crippen molar-refractivity contribution in [3.05, 3.63) is 47.2 Å². The quantitative estimate of drug-likeness (QED) is 0.783. The van der Waals surface area contributed by atoms with Crippen molar-refractivity contribution in [1.82, 2.24) is 10.2 Å². The summed E-state index contributed by atoms with van der Waals surface area (Å²) in [6, 6.07) is 9.36. The molecule has 0 radical (unpaired) electrons. The first kappa shape index (κ1) is 12.4. The molecule has 0 saturated heterocycles. The van der Waals surface area contributed by atoms with Gasteiger partial charge in [-0.2, -0.15) is 0 Å². The van der Waals surface area contributed by atoms with Crippen molar-refractivity contribution in [2.45, 2.75) is 13.0 Å². The van der Waals surface area contributed by atoms with Gasteiger partial charge in [0, 0.05) is 18.8 Å². The summed E-state index contributed by atoms with van der Waals surface area (Å²) in [6.45, 7) is 1.60. The van der Waals surface area contributed by atoms with Crippen LogP contribution >= 0.6 is 0 Å². The maximum absolute atomic E-state index is 11.0. The minimum absolute atomic E-state index is 0.176. The first-order chi connectivity index (χ1) is 9.63. The van der Waals surface area contributed by atoms with Crippen LogP contribution in [0.1, 0.15) is 21.6 Å². The number of aromatic nitrogens is 2. The van der Waals surface area contributed by atoms with Crippen LogP contribution in [-0.4, -0.2) is 22.6 Å². The van der Waals surface area contributed by atoms with E-state index >= 15 is 0 Å². The molecule has 4 N–H and O–H groups in total. The number of benzene rings is 1. The molecule has 2 aromatic rings. The summed E-state index contributed by atoms with van der Waals surface area (Å²) in [5.74, 6) is 0.170. The zero-order valence-corrected chi connectivity index (χ0v) is 10.9. The van der Waals surface area contributed by atoms with Gasteiger partial charge in [0.25, 0.3) is 5.91 Å². The molecule has 1 aliphatic rings. The Balaban J connectivity index is 1.84. The number of nitrogens with zero attached hydrogens (tertiary/aromatic N) is 3. The van der Waals surface area contributed by atoms with E-state index in [1.165, 1.54) is 11.1 Å². The Labute approximate surface area is 116 Å². The van der Waals surface area contributed by atoms with Crippen LogP contribution in [0.3, 0.4) is 0 Å². The lowest BCUT2D eigenvalue weighted by Gasteiger charge is -2.29. The molecule has 0 saturated carbocycles. The number of primary amides is 1. The van der Waals surface area contributed by atoms with Gasteiger partial charge in [0.1, 0.15) is 0 Å². The van der Waals surface area contributed by atoms with E-state index in [-0.39, 0.29) is 5.69 Å². The molecule has 0 fully saturated rings.